The van der Waals surface area contributed by atoms with Gasteiger partial charge in [-0.25, -0.2) is 4.39 Å². The molecule has 0 aliphatic carbocycles. The Morgan fingerprint density at radius 2 is 1.79 bits per heavy atom. The second kappa shape index (κ2) is 12.3. The molecule has 0 fully saturated rings. The molecule has 42 heavy (non-hydrogen) atoms. The molecule has 11 heteroatoms. The van der Waals surface area contributed by atoms with E-state index in [0.29, 0.717) is 30.2 Å². The Bertz CT molecular complexity index is 1600. The molecule has 5 rings (SSSR count). The quantitative estimate of drug-likeness (QED) is 0.217. The molecule has 2 amide bonds. The van der Waals surface area contributed by atoms with E-state index in [0.717, 1.165) is 29.8 Å². The van der Waals surface area contributed by atoms with Gasteiger partial charge in [-0.15, -0.1) is 0 Å². The molecule has 0 radical (unpaired) electrons. The molecule has 1 aliphatic rings. The van der Waals surface area contributed by atoms with Gasteiger partial charge in [0.15, 0.2) is 5.76 Å². The molecule has 1 atom stereocenters. The number of hydrogen-bond acceptors (Lipinski definition) is 4. The average Bonchev–Trinajstić information content (AvgIpc) is 3.60. The van der Waals surface area contributed by atoms with Crippen LogP contribution in [0.15, 0.2) is 83.3 Å². The fourth-order valence-corrected chi connectivity index (χ4v) is 5.14. The van der Waals surface area contributed by atoms with Gasteiger partial charge in [0.25, 0.3) is 5.91 Å². The third-order valence-electron chi connectivity index (χ3n) is 7.05. The van der Waals surface area contributed by atoms with E-state index in [9.17, 15) is 27.2 Å². The molecule has 0 bridgehead atoms. The Labute approximate surface area is 244 Å². The van der Waals surface area contributed by atoms with E-state index in [1.165, 1.54) is 36.4 Å². The first-order valence-corrected chi connectivity index (χ1v) is 13.6. The lowest BCUT2D eigenvalue weighted by Crippen LogP contribution is -2.40. The van der Waals surface area contributed by atoms with Crippen LogP contribution in [0.2, 0.25) is 5.02 Å². The maximum absolute atomic E-state index is 13.5. The van der Waals surface area contributed by atoms with Crippen molar-refractivity contribution in [3.05, 3.63) is 112 Å². The first-order valence-electron chi connectivity index (χ1n) is 13.2. The minimum atomic E-state index is -4.52. The summed E-state index contributed by atoms with van der Waals surface area (Å²) in [5, 5.41) is 6.02. The first-order chi connectivity index (χ1) is 20.1. The summed E-state index contributed by atoms with van der Waals surface area (Å²) in [6, 6.07) is 18.8. The molecule has 6 nitrogen and oxygen atoms in total. The Kier molecular flexibility index (Phi) is 8.54. The summed E-state index contributed by atoms with van der Waals surface area (Å²) >= 11 is 6.16. The van der Waals surface area contributed by atoms with Crippen LogP contribution in [0.5, 0.6) is 0 Å². The van der Waals surface area contributed by atoms with E-state index in [1.807, 2.05) is 0 Å². The largest absolute Gasteiger partial charge is 0.451 e. The van der Waals surface area contributed by atoms with Gasteiger partial charge in [-0.2, -0.15) is 13.2 Å². The van der Waals surface area contributed by atoms with Gasteiger partial charge < -0.3 is 20.0 Å². The maximum atomic E-state index is 13.5. The summed E-state index contributed by atoms with van der Waals surface area (Å²) in [5.41, 5.74) is 1.79. The predicted octanol–water partition coefficient (Wildman–Crippen LogP) is 6.45. The number of carbonyl (C=O) groups is 2. The zero-order valence-corrected chi connectivity index (χ0v) is 22.9. The number of nitrogens with zero attached hydrogens (tertiary/aromatic N) is 1. The normalized spacial score (nSPS) is 13.5. The SMILES string of the molecule is O=C(NC[C@H](C(=O)NCCN1CCc2cc(F)ccc21)c1cccc(Cl)c1)c1ccc(-c2cccc(C(F)(F)F)c2)o1. The molecule has 2 heterocycles. The number of amides is 2. The smallest absolute Gasteiger partial charge is 0.416 e. The van der Waals surface area contributed by atoms with Crippen LogP contribution in [0, 0.1) is 5.82 Å². The number of furan rings is 1. The third-order valence-corrected chi connectivity index (χ3v) is 7.29. The van der Waals surface area contributed by atoms with E-state index in [1.54, 1.807) is 30.3 Å². The molecule has 0 spiro atoms. The van der Waals surface area contributed by atoms with Crippen molar-refractivity contribution in [3.8, 4) is 11.3 Å². The van der Waals surface area contributed by atoms with Crippen molar-refractivity contribution in [2.75, 3.05) is 31.1 Å². The molecule has 0 saturated carbocycles. The number of nitrogens with one attached hydrogen (secondary N) is 2. The van der Waals surface area contributed by atoms with Crippen molar-refractivity contribution in [2.24, 2.45) is 0 Å². The Balaban J connectivity index is 1.23. The van der Waals surface area contributed by atoms with Gasteiger partial charge in [-0.3, -0.25) is 9.59 Å². The van der Waals surface area contributed by atoms with Crippen molar-refractivity contribution in [1.82, 2.24) is 10.6 Å². The van der Waals surface area contributed by atoms with Gasteiger partial charge in [0.2, 0.25) is 5.91 Å². The van der Waals surface area contributed by atoms with Gasteiger partial charge >= 0.3 is 6.18 Å². The lowest BCUT2D eigenvalue weighted by atomic mass is 9.98. The zero-order chi connectivity index (χ0) is 29.9. The lowest BCUT2D eigenvalue weighted by Gasteiger charge is -2.22. The summed E-state index contributed by atoms with van der Waals surface area (Å²) in [6.07, 6.45) is -3.79. The van der Waals surface area contributed by atoms with Crippen molar-refractivity contribution >= 4 is 29.1 Å². The standard InChI is InChI=1S/C31H26ClF4N3O3/c32-23-6-2-3-19(16-23)25(29(40)37-12-14-39-13-11-20-17-24(33)7-8-26(20)39)18-38-30(41)28-10-9-27(42-28)21-4-1-5-22(15-21)31(34,35)36/h1-10,15-17,25H,11-14,18H2,(H,37,40)(H,38,41)/t25-/m0/s1. The number of halogens is 5. The molecule has 0 saturated heterocycles. The summed E-state index contributed by atoms with van der Waals surface area (Å²) in [4.78, 5) is 28.2. The summed E-state index contributed by atoms with van der Waals surface area (Å²) in [5.74, 6) is -2.05. The minimum absolute atomic E-state index is 0.0869. The van der Waals surface area contributed by atoms with Gasteiger partial charge in [0.1, 0.15) is 11.6 Å². The highest BCUT2D eigenvalue weighted by Crippen LogP contribution is 2.33. The average molecular weight is 600 g/mol. The van der Waals surface area contributed by atoms with Crippen LogP contribution in [0.3, 0.4) is 0 Å². The number of rotatable bonds is 9. The fraction of sp³-hybridized carbons (Fsp3) is 0.226. The molecule has 218 valence electrons. The minimum Gasteiger partial charge on any atom is -0.451 e. The van der Waals surface area contributed by atoms with E-state index in [4.69, 9.17) is 16.0 Å². The molecule has 4 aromatic rings. The number of carbonyl (C=O) groups excluding carboxylic acids is 2. The molecule has 1 aromatic heterocycles. The van der Waals surface area contributed by atoms with Crippen LogP contribution in [-0.4, -0.2) is 38.0 Å². The highest BCUT2D eigenvalue weighted by molar-refractivity contribution is 6.30. The first kappa shape index (κ1) is 29.2. The van der Waals surface area contributed by atoms with Crippen molar-refractivity contribution < 1.29 is 31.6 Å². The monoisotopic (exact) mass is 599 g/mol. The second-order valence-electron chi connectivity index (χ2n) is 9.86. The van der Waals surface area contributed by atoms with Crippen LogP contribution in [0.25, 0.3) is 11.3 Å². The topological polar surface area (TPSA) is 74.6 Å². The number of anilines is 1. The van der Waals surface area contributed by atoms with Gasteiger partial charge in [-0.1, -0.05) is 35.9 Å². The molecular formula is C31H26ClF4N3O3. The highest BCUT2D eigenvalue weighted by Gasteiger charge is 2.31. The van der Waals surface area contributed by atoms with Crippen molar-refractivity contribution in [3.63, 3.8) is 0 Å². The predicted molar refractivity (Wildman–Crippen MR) is 151 cm³/mol. The van der Waals surface area contributed by atoms with Crippen LogP contribution in [0.1, 0.15) is 33.2 Å². The second-order valence-corrected chi connectivity index (χ2v) is 10.3. The van der Waals surface area contributed by atoms with Crippen molar-refractivity contribution in [2.45, 2.75) is 18.5 Å². The zero-order valence-electron chi connectivity index (χ0n) is 22.2. The summed E-state index contributed by atoms with van der Waals surface area (Å²) in [6.45, 7) is 1.47. The summed E-state index contributed by atoms with van der Waals surface area (Å²) < 4.78 is 58.4. The Morgan fingerprint density at radius 1 is 0.976 bits per heavy atom. The number of fused-ring (bicyclic) bond motifs is 1. The Hall–Kier alpha value is -4.31. The number of hydrogen-bond donors (Lipinski definition) is 2. The third kappa shape index (κ3) is 6.76. The van der Waals surface area contributed by atoms with E-state index < -0.39 is 23.6 Å². The maximum Gasteiger partial charge on any atom is 0.416 e. The Morgan fingerprint density at radius 3 is 2.57 bits per heavy atom. The molecular weight excluding hydrogens is 574 g/mol. The van der Waals surface area contributed by atoms with Crippen LogP contribution in [-0.2, 0) is 17.4 Å². The van der Waals surface area contributed by atoms with E-state index in [-0.39, 0.29) is 35.4 Å². The van der Waals surface area contributed by atoms with Crippen LogP contribution < -0.4 is 15.5 Å². The van der Waals surface area contributed by atoms with Crippen LogP contribution in [0.4, 0.5) is 23.2 Å². The fourth-order valence-electron chi connectivity index (χ4n) is 4.94. The van der Waals surface area contributed by atoms with E-state index >= 15 is 0 Å². The van der Waals surface area contributed by atoms with Crippen LogP contribution >= 0.6 is 11.6 Å². The van der Waals surface area contributed by atoms with Crippen molar-refractivity contribution in [1.29, 1.82) is 0 Å². The summed E-state index contributed by atoms with van der Waals surface area (Å²) in [7, 11) is 0. The highest BCUT2D eigenvalue weighted by atomic mass is 35.5. The van der Waals surface area contributed by atoms with Gasteiger partial charge in [0.05, 0.1) is 11.5 Å². The molecule has 2 N–H and O–H groups in total. The van der Waals surface area contributed by atoms with Gasteiger partial charge in [-0.05, 0) is 72.1 Å². The molecule has 1 aliphatic heterocycles. The molecule has 0 unspecified atom stereocenters. The molecule has 3 aromatic carbocycles. The number of alkyl halides is 3. The van der Waals surface area contributed by atoms with E-state index in [2.05, 4.69) is 15.5 Å². The van der Waals surface area contributed by atoms with Gasteiger partial charge in [0, 0.05) is 42.5 Å². The lowest BCUT2D eigenvalue weighted by molar-refractivity contribution is -0.137. The number of benzene rings is 3.